The summed E-state index contributed by atoms with van der Waals surface area (Å²) in [5, 5.41) is 9.91. The molecule has 0 amide bonds. The first-order valence-electron chi connectivity index (χ1n) is 12.0. The largest absolute Gasteiger partial charge is 0.449 e. The molecule has 1 aromatic carbocycles. The van der Waals surface area contributed by atoms with Gasteiger partial charge in [0.25, 0.3) is 0 Å². The number of imidazole rings is 1. The summed E-state index contributed by atoms with van der Waals surface area (Å²) in [6, 6.07) is 3.91. The number of halogens is 5. The normalized spacial score (nSPS) is 20.6. The third kappa shape index (κ3) is 4.88. The van der Waals surface area contributed by atoms with Crippen LogP contribution in [0.4, 0.5) is 19.0 Å². The number of fused-ring (bicyclic) bond motifs is 1. The van der Waals surface area contributed by atoms with E-state index >= 15 is 0 Å². The number of likely N-dealkylation sites (tertiary alicyclic amines) is 1. The molecule has 0 bridgehead atoms. The molecule has 2 aromatic heterocycles. The van der Waals surface area contributed by atoms with Crippen molar-refractivity contribution in [3.8, 4) is 0 Å². The van der Waals surface area contributed by atoms with Crippen LogP contribution in [0.3, 0.4) is 0 Å². The molecule has 4 heterocycles. The first-order valence-corrected chi connectivity index (χ1v) is 12.8. The van der Waals surface area contributed by atoms with Crippen molar-refractivity contribution in [3.63, 3.8) is 0 Å². The van der Waals surface area contributed by atoms with Crippen molar-refractivity contribution in [1.29, 1.82) is 0 Å². The molecule has 12 heteroatoms. The smallest absolute Gasteiger partial charge is 0.395 e. The number of benzene rings is 1. The van der Waals surface area contributed by atoms with E-state index in [1.54, 1.807) is 19.1 Å². The highest BCUT2D eigenvalue weighted by atomic mass is 35.5. The van der Waals surface area contributed by atoms with E-state index in [1.807, 2.05) is 4.90 Å². The van der Waals surface area contributed by atoms with Crippen molar-refractivity contribution >= 4 is 40.3 Å². The number of β-amino-alcohol motifs (C(OH)–C–C–N with tert-alkyl or cyclic N) is 1. The molecule has 0 aliphatic carbocycles. The van der Waals surface area contributed by atoms with Crippen LogP contribution >= 0.6 is 23.2 Å². The van der Waals surface area contributed by atoms with E-state index in [9.17, 15) is 18.3 Å². The van der Waals surface area contributed by atoms with Crippen LogP contribution in [0.15, 0.2) is 24.4 Å². The number of aliphatic hydroxyl groups excluding tert-OH is 1. The van der Waals surface area contributed by atoms with E-state index < -0.39 is 18.0 Å². The summed E-state index contributed by atoms with van der Waals surface area (Å²) in [6.45, 7) is 6.00. The van der Waals surface area contributed by atoms with E-state index in [0.29, 0.717) is 34.8 Å². The van der Waals surface area contributed by atoms with Crippen molar-refractivity contribution < 1.29 is 18.3 Å². The second-order valence-electron chi connectivity index (χ2n) is 9.61. The van der Waals surface area contributed by atoms with Crippen molar-refractivity contribution in [2.45, 2.75) is 32.0 Å². The molecule has 5 rings (SSSR count). The van der Waals surface area contributed by atoms with Crippen LogP contribution in [-0.4, -0.2) is 68.9 Å². The highest BCUT2D eigenvalue weighted by molar-refractivity contribution is 6.35. The quantitative estimate of drug-likeness (QED) is 0.477. The number of aromatic nitrogens is 4. The molecule has 0 spiro atoms. The fourth-order valence-electron chi connectivity index (χ4n) is 5.38. The van der Waals surface area contributed by atoms with Crippen LogP contribution in [0.25, 0.3) is 11.3 Å². The molecule has 36 heavy (non-hydrogen) atoms. The Hall–Kier alpha value is -2.14. The summed E-state index contributed by atoms with van der Waals surface area (Å²) in [5.74, 6) is 0.478. The van der Waals surface area contributed by atoms with Crippen LogP contribution < -0.4 is 4.90 Å². The summed E-state index contributed by atoms with van der Waals surface area (Å²) in [5.41, 5.74) is 0.479. The molecule has 194 valence electrons. The fraction of sp³-hybridized carbons (Fsp3) is 0.542. The maximum atomic E-state index is 14.0. The number of piperidine rings is 1. The van der Waals surface area contributed by atoms with Crippen LogP contribution in [0.1, 0.15) is 37.2 Å². The average molecular weight is 543 g/mol. The van der Waals surface area contributed by atoms with Gasteiger partial charge in [0.2, 0.25) is 5.82 Å². The topological polar surface area (TPSA) is 70.3 Å². The van der Waals surface area contributed by atoms with E-state index in [2.05, 4.69) is 19.9 Å². The highest BCUT2D eigenvalue weighted by Crippen LogP contribution is 2.38. The predicted octanol–water partition coefficient (Wildman–Crippen LogP) is 4.90. The number of alkyl halides is 3. The molecule has 2 aliphatic rings. The van der Waals surface area contributed by atoms with Gasteiger partial charge in [-0.2, -0.15) is 13.2 Å². The Morgan fingerprint density at radius 1 is 1.14 bits per heavy atom. The zero-order valence-electron chi connectivity index (χ0n) is 19.7. The van der Waals surface area contributed by atoms with E-state index in [0.717, 1.165) is 43.6 Å². The molecule has 7 nitrogen and oxygen atoms in total. The molecule has 2 aliphatic heterocycles. The minimum absolute atomic E-state index is 0.0630. The van der Waals surface area contributed by atoms with Crippen molar-refractivity contribution in [2.24, 2.45) is 11.8 Å². The molecule has 3 aromatic rings. The lowest BCUT2D eigenvalue weighted by atomic mass is 9.80. The van der Waals surface area contributed by atoms with Gasteiger partial charge in [0.15, 0.2) is 11.3 Å². The van der Waals surface area contributed by atoms with Gasteiger partial charge < -0.3 is 14.9 Å². The summed E-state index contributed by atoms with van der Waals surface area (Å²) in [4.78, 5) is 17.0. The maximum Gasteiger partial charge on any atom is 0.449 e. The average Bonchev–Trinajstić information content (AvgIpc) is 3.18. The lowest BCUT2D eigenvalue weighted by molar-refractivity contribution is -0.147. The monoisotopic (exact) mass is 542 g/mol. The molecule has 1 N–H and O–H groups in total. The molecular weight excluding hydrogens is 516 g/mol. The molecule has 0 saturated carbocycles. The van der Waals surface area contributed by atoms with Crippen molar-refractivity contribution in [2.75, 3.05) is 44.2 Å². The molecule has 0 radical (unpaired) electrons. The van der Waals surface area contributed by atoms with Gasteiger partial charge in [0.1, 0.15) is 5.82 Å². The van der Waals surface area contributed by atoms with Gasteiger partial charge in [-0.25, -0.2) is 15.0 Å². The Morgan fingerprint density at radius 2 is 1.92 bits per heavy atom. The Balaban J connectivity index is 1.43. The van der Waals surface area contributed by atoms with Crippen LogP contribution in [-0.2, 0) is 6.18 Å². The third-order valence-electron chi connectivity index (χ3n) is 7.30. The van der Waals surface area contributed by atoms with Gasteiger partial charge in [0, 0.05) is 36.2 Å². The Labute approximate surface area is 216 Å². The number of rotatable bonds is 6. The SMILES string of the molecule is C[C@H](c1ccc(Cl)cc1Cl)n1c(C(F)(F)F)nc2ncc(N3CC([C@H]4CCCN(CCO)C4)C3)nc21. The molecule has 2 atom stereocenters. The fourth-order valence-corrected chi connectivity index (χ4v) is 5.94. The maximum absolute atomic E-state index is 14.0. The Morgan fingerprint density at radius 3 is 2.61 bits per heavy atom. The molecule has 2 fully saturated rings. The standard InChI is InChI=1S/C24H27Cl2F3N6O/c1-14(18-5-4-17(25)9-19(18)26)35-22-21(32-23(35)24(27,28)29)30-10-20(31-22)34-12-16(13-34)15-3-2-6-33(11-15)7-8-36/h4-5,9-10,14-16,36H,2-3,6-8,11-13H2,1H3/t14-,15+/m1/s1. The van der Waals surface area contributed by atoms with Gasteiger partial charge in [-0.1, -0.05) is 29.3 Å². The van der Waals surface area contributed by atoms with E-state index in [-0.39, 0.29) is 22.9 Å². The van der Waals surface area contributed by atoms with Crippen LogP contribution in [0.5, 0.6) is 0 Å². The molecule has 2 saturated heterocycles. The van der Waals surface area contributed by atoms with Gasteiger partial charge >= 0.3 is 6.18 Å². The minimum atomic E-state index is -4.70. The van der Waals surface area contributed by atoms with Gasteiger partial charge in [0.05, 0.1) is 18.8 Å². The predicted molar refractivity (Wildman–Crippen MR) is 133 cm³/mol. The van der Waals surface area contributed by atoms with Crippen molar-refractivity contribution in [3.05, 3.63) is 45.8 Å². The first kappa shape index (κ1) is 25.5. The molecular formula is C24H27Cl2F3N6O. The lowest BCUT2D eigenvalue weighted by Crippen LogP contribution is -2.54. The number of hydrogen-bond acceptors (Lipinski definition) is 6. The second kappa shape index (κ2) is 9.96. The summed E-state index contributed by atoms with van der Waals surface area (Å²) < 4.78 is 43.0. The number of aliphatic hydroxyl groups is 1. The number of hydrogen-bond donors (Lipinski definition) is 1. The minimum Gasteiger partial charge on any atom is -0.395 e. The number of nitrogens with zero attached hydrogens (tertiary/aromatic N) is 6. The third-order valence-corrected chi connectivity index (χ3v) is 7.87. The van der Waals surface area contributed by atoms with Crippen LogP contribution in [0.2, 0.25) is 10.0 Å². The Bertz CT molecular complexity index is 1240. The summed E-state index contributed by atoms with van der Waals surface area (Å²) >= 11 is 12.3. The van der Waals surface area contributed by atoms with Gasteiger partial charge in [-0.15, -0.1) is 0 Å². The first-order chi connectivity index (χ1) is 17.2. The second-order valence-corrected chi connectivity index (χ2v) is 10.5. The van der Waals surface area contributed by atoms with Gasteiger partial charge in [-0.3, -0.25) is 4.57 Å². The lowest BCUT2D eigenvalue weighted by Gasteiger charge is -2.47. The number of anilines is 1. The zero-order chi connectivity index (χ0) is 25.6. The zero-order valence-corrected chi connectivity index (χ0v) is 21.2. The van der Waals surface area contributed by atoms with Crippen LogP contribution in [0, 0.1) is 11.8 Å². The van der Waals surface area contributed by atoms with E-state index in [4.69, 9.17) is 23.2 Å². The van der Waals surface area contributed by atoms with E-state index in [1.165, 1.54) is 12.3 Å². The van der Waals surface area contributed by atoms with Gasteiger partial charge in [-0.05, 0) is 55.8 Å². The summed E-state index contributed by atoms with van der Waals surface area (Å²) in [6.07, 6.45) is -0.947. The Kier molecular flexibility index (Phi) is 7.06. The summed E-state index contributed by atoms with van der Waals surface area (Å²) in [7, 11) is 0. The van der Waals surface area contributed by atoms with Crippen molar-refractivity contribution in [1.82, 2.24) is 24.4 Å². The highest BCUT2D eigenvalue weighted by Gasteiger charge is 2.41. The molecule has 0 unspecified atom stereocenters.